The van der Waals surface area contributed by atoms with Crippen LogP contribution < -0.4 is 0 Å². The Morgan fingerprint density at radius 3 is 2.82 bits per heavy atom. The molecule has 2 rings (SSSR count). The second kappa shape index (κ2) is 4.41. The maximum atomic E-state index is 12.1. The average molecular weight is 258 g/mol. The van der Waals surface area contributed by atoms with Crippen LogP contribution in [-0.4, -0.2) is 34.5 Å². The van der Waals surface area contributed by atoms with Crippen LogP contribution in [0.5, 0.6) is 0 Å². The molecule has 6 heteroatoms. The van der Waals surface area contributed by atoms with E-state index in [1.807, 2.05) is 6.92 Å². The van der Waals surface area contributed by atoms with E-state index >= 15 is 0 Å². The molecule has 1 amide bonds. The van der Waals surface area contributed by atoms with Gasteiger partial charge in [-0.25, -0.2) is 4.79 Å². The maximum Gasteiger partial charge on any atom is 0.326 e. The number of carbonyl (C=O) groups is 2. The first-order valence-corrected chi connectivity index (χ1v) is 5.67. The summed E-state index contributed by atoms with van der Waals surface area (Å²) in [7, 11) is 0. The van der Waals surface area contributed by atoms with Gasteiger partial charge in [0.25, 0.3) is 5.91 Å². The lowest BCUT2D eigenvalue weighted by Gasteiger charge is -2.22. The quantitative estimate of drug-likeness (QED) is 0.878. The van der Waals surface area contributed by atoms with Gasteiger partial charge in [-0.2, -0.15) is 0 Å². The van der Waals surface area contributed by atoms with E-state index in [1.165, 1.54) is 17.2 Å². The third-order valence-corrected chi connectivity index (χ3v) is 3.36. The highest BCUT2D eigenvalue weighted by Gasteiger charge is 2.40. The van der Waals surface area contributed by atoms with Crippen molar-refractivity contribution in [3.05, 3.63) is 23.1 Å². The van der Waals surface area contributed by atoms with Crippen LogP contribution in [0.3, 0.4) is 0 Å². The second-order valence-electron chi connectivity index (χ2n) is 4.16. The summed E-state index contributed by atoms with van der Waals surface area (Å²) in [6.07, 6.45) is 1.99. The Morgan fingerprint density at radius 1 is 1.59 bits per heavy atom. The van der Waals surface area contributed by atoms with Crippen LogP contribution in [0.4, 0.5) is 0 Å². The molecule has 92 valence electrons. The summed E-state index contributed by atoms with van der Waals surface area (Å²) < 4.78 is 4.84. The minimum atomic E-state index is -0.983. The number of carboxylic acids is 1. The highest BCUT2D eigenvalue weighted by molar-refractivity contribution is 6.32. The monoisotopic (exact) mass is 257 g/mol. The largest absolute Gasteiger partial charge is 0.480 e. The Bertz CT molecular complexity index is 456. The number of nitrogens with zero attached hydrogens (tertiary/aromatic N) is 1. The van der Waals surface area contributed by atoms with Gasteiger partial charge in [-0.15, -0.1) is 0 Å². The molecule has 0 bridgehead atoms. The number of carboxylic acid groups (broad SMARTS) is 1. The predicted octanol–water partition coefficient (Wildman–Crippen LogP) is 1.87. The van der Waals surface area contributed by atoms with Crippen LogP contribution in [0.1, 0.15) is 23.7 Å². The number of amides is 1. The number of rotatable bonds is 2. The Morgan fingerprint density at radius 2 is 2.29 bits per heavy atom. The highest BCUT2D eigenvalue weighted by atomic mass is 35.5. The van der Waals surface area contributed by atoms with Crippen molar-refractivity contribution in [1.29, 1.82) is 0 Å². The molecule has 1 aromatic rings. The van der Waals surface area contributed by atoms with E-state index in [4.69, 9.17) is 21.1 Å². The van der Waals surface area contributed by atoms with Crippen LogP contribution in [0.2, 0.25) is 5.22 Å². The number of furan rings is 1. The first kappa shape index (κ1) is 12.0. The summed E-state index contributed by atoms with van der Waals surface area (Å²) in [6.45, 7) is 2.25. The van der Waals surface area contributed by atoms with Gasteiger partial charge < -0.3 is 14.4 Å². The van der Waals surface area contributed by atoms with Gasteiger partial charge in [-0.1, -0.05) is 6.92 Å². The van der Waals surface area contributed by atoms with Crippen molar-refractivity contribution in [2.75, 3.05) is 6.54 Å². The lowest BCUT2D eigenvalue weighted by atomic mass is 10.0. The highest BCUT2D eigenvalue weighted by Crippen LogP contribution is 2.28. The molecule has 2 atom stereocenters. The first-order valence-electron chi connectivity index (χ1n) is 5.29. The van der Waals surface area contributed by atoms with Crippen molar-refractivity contribution in [3.63, 3.8) is 0 Å². The van der Waals surface area contributed by atoms with E-state index < -0.39 is 12.0 Å². The van der Waals surface area contributed by atoms with Gasteiger partial charge in [0.1, 0.15) is 6.04 Å². The van der Waals surface area contributed by atoms with Gasteiger partial charge in [0.05, 0.1) is 11.8 Å². The maximum absolute atomic E-state index is 12.1. The van der Waals surface area contributed by atoms with E-state index in [-0.39, 0.29) is 22.6 Å². The van der Waals surface area contributed by atoms with E-state index in [1.54, 1.807) is 0 Å². The Hall–Kier alpha value is -1.49. The number of halogens is 1. The number of carbonyl (C=O) groups excluding carboxylic acids is 1. The van der Waals surface area contributed by atoms with Gasteiger partial charge in [0.2, 0.25) is 5.22 Å². The molecule has 0 saturated carbocycles. The third-order valence-electron chi connectivity index (χ3n) is 3.06. The fraction of sp³-hybridized carbons (Fsp3) is 0.455. The van der Waals surface area contributed by atoms with Crippen LogP contribution >= 0.6 is 11.6 Å². The lowest BCUT2D eigenvalue weighted by Crippen LogP contribution is -2.42. The first-order chi connectivity index (χ1) is 8.02. The van der Waals surface area contributed by atoms with Crippen LogP contribution in [-0.2, 0) is 4.79 Å². The Labute approximate surface area is 103 Å². The molecule has 2 heterocycles. The van der Waals surface area contributed by atoms with Crippen molar-refractivity contribution in [3.8, 4) is 0 Å². The molecule has 0 spiro atoms. The SMILES string of the molecule is CC1CCN(C(=O)c2ccoc2Cl)C1C(=O)O. The van der Waals surface area contributed by atoms with Gasteiger partial charge in [0, 0.05) is 6.54 Å². The van der Waals surface area contributed by atoms with Gasteiger partial charge in [-0.3, -0.25) is 4.79 Å². The molecule has 0 aromatic carbocycles. The molecule has 1 fully saturated rings. The average Bonchev–Trinajstić information content (AvgIpc) is 2.83. The zero-order chi connectivity index (χ0) is 12.6. The summed E-state index contributed by atoms with van der Waals surface area (Å²) in [5, 5.41) is 9.12. The topological polar surface area (TPSA) is 70.8 Å². The number of aliphatic carboxylic acids is 1. The van der Waals surface area contributed by atoms with Gasteiger partial charge in [-0.05, 0) is 30.0 Å². The van der Waals surface area contributed by atoms with E-state index in [0.29, 0.717) is 13.0 Å². The van der Waals surface area contributed by atoms with E-state index in [0.717, 1.165) is 0 Å². The third kappa shape index (κ3) is 2.02. The Balaban J connectivity index is 2.26. The molecule has 2 unspecified atom stereocenters. The van der Waals surface area contributed by atoms with E-state index in [9.17, 15) is 9.59 Å². The molecule has 17 heavy (non-hydrogen) atoms. The molecule has 1 aromatic heterocycles. The second-order valence-corrected chi connectivity index (χ2v) is 4.50. The molecule has 1 N–H and O–H groups in total. The number of hydrogen-bond donors (Lipinski definition) is 1. The van der Waals surface area contributed by atoms with Gasteiger partial charge >= 0.3 is 5.97 Å². The van der Waals surface area contributed by atoms with Crippen molar-refractivity contribution in [2.45, 2.75) is 19.4 Å². The predicted molar refractivity (Wildman–Crippen MR) is 60.0 cm³/mol. The zero-order valence-electron chi connectivity index (χ0n) is 9.22. The fourth-order valence-corrected chi connectivity index (χ4v) is 2.35. The van der Waals surface area contributed by atoms with Gasteiger partial charge in [0.15, 0.2) is 0 Å². The standard InChI is InChI=1S/C11H12ClNO4/c1-6-2-4-13(8(6)11(15)16)10(14)7-3-5-17-9(7)12/h3,5-6,8H,2,4H2,1H3,(H,15,16). The smallest absolute Gasteiger partial charge is 0.326 e. The summed E-state index contributed by atoms with van der Waals surface area (Å²) >= 11 is 5.72. The minimum absolute atomic E-state index is 0.00121. The van der Waals surface area contributed by atoms with Crippen molar-refractivity contribution in [1.82, 2.24) is 4.90 Å². The number of likely N-dealkylation sites (tertiary alicyclic amines) is 1. The molecule has 1 aliphatic heterocycles. The summed E-state index contributed by atoms with van der Waals surface area (Å²) in [4.78, 5) is 24.6. The minimum Gasteiger partial charge on any atom is -0.480 e. The molecular weight excluding hydrogens is 246 g/mol. The molecule has 0 radical (unpaired) electrons. The summed E-state index contributed by atoms with van der Waals surface area (Å²) in [5.74, 6) is -1.43. The fourth-order valence-electron chi connectivity index (χ4n) is 2.15. The van der Waals surface area contributed by atoms with Crippen LogP contribution in [0.15, 0.2) is 16.7 Å². The van der Waals surface area contributed by atoms with Crippen molar-refractivity contribution < 1.29 is 19.1 Å². The van der Waals surface area contributed by atoms with Crippen LogP contribution in [0, 0.1) is 5.92 Å². The van der Waals surface area contributed by atoms with Crippen molar-refractivity contribution >= 4 is 23.5 Å². The normalized spacial score (nSPS) is 24.0. The summed E-state index contributed by atoms with van der Waals surface area (Å²) in [6, 6.07) is 0.667. The van der Waals surface area contributed by atoms with E-state index in [2.05, 4.69) is 0 Å². The molecular formula is C11H12ClNO4. The number of hydrogen-bond acceptors (Lipinski definition) is 3. The summed E-state index contributed by atoms with van der Waals surface area (Å²) in [5.41, 5.74) is 0.215. The molecule has 0 aliphatic carbocycles. The zero-order valence-corrected chi connectivity index (χ0v) is 9.98. The van der Waals surface area contributed by atoms with Crippen LogP contribution in [0.25, 0.3) is 0 Å². The molecule has 1 saturated heterocycles. The van der Waals surface area contributed by atoms with Crippen molar-refractivity contribution in [2.24, 2.45) is 5.92 Å². The lowest BCUT2D eigenvalue weighted by molar-refractivity contribution is -0.142. The molecule has 1 aliphatic rings. The Kier molecular flexibility index (Phi) is 3.11. The molecule has 5 nitrogen and oxygen atoms in total.